The van der Waals surface area contributed by atoms with Crippen LogP contribution in [0.2, 0.25) is 0 Å². The molecule has 1 heterocycles. The van der Waals surface area contributed by atoms with Crippen LogP contribution < -0.4 is 0 Å². The summed E-state index contributed by atoms with van der Waals surface area (Å²) in [5, 5.41) is 9.33. The van der Waals surface area contributed by atoms with Gasteiger partial charge in [0, 0.05) is 0 Å². The Morgan fingerprint density at radius 3 is 2.69 bits per heavy atom. The molecule has 0 aromatic rings. The fraction of sp³-hybridized carbons (Fsp3) is 0.923. The second-order valence-electron chi connectivity index (χ2n) is 5.56. The Balaban J connectivity index is 2.51. The first-order valence-electron chi connectivity index (χ1n) is 6.45. The minimum absolute atomic E-state index is 0.616. The topological polar surface area (TPSA) is 40.5 Å². The van der Waals surface area contributed by atoms with Crippen LogP contribution in [0.5, 0.6) is 0 Å². The summed E-state index contributed by atoms with van der Waals surface area (Å²) in [4.78, 5) is 13.5. The molecule has 1 atom stereocenters. The van der Waals surface area contributed by atoms with Crippen LogP contribution >= 0.6 is 0 Å². The van der Waals surface area contributed by atoms with Crippen LogP contribution in [-0.4, -0.2) is 34.6 Å². The van der Waals surface area contributed by atoms with Gasteiger partial charge in [-0.15, -0.1) is 0 Å². The van der Waals surface area contributed by atoms with E-state index in [1.165, 1.54) is 6.42 Å². The van der Waals surface area contributed by atoms with E-state index in [9.17, 15) is 9.90 Å². The Kier molecular flexibility index (Phi) is 4.78. The first-order valence-corrected chi connectivity index (χ1v) is 6.45. The van der Waals surface area contributed by atoms with Crippen molar-refractivity contribution in [1.82, 2.24) is 4.90 Å². The van der Waals surface area contributed by atoms with Gasteiger partial charge >= 0.3 is 5.97 Å². The van der Waals surface area contributed by atoms with Gasteiger partial charge in [0.05, 0.1) is 0 Å². The summed E-state index contributed by atoms with van der Waals surface area (Å²) in [7, 11) is 0. The second-order valence-corrected chi connectivity index (χ2v) is 5.56. The van der Waals surface area contributed by atoms with Crippen molar-refractivity contribution < 1.29 is 9.90 Å². The van der Waals surface area contributed by atoms with Crippen LogP contribution in [-0.2, 0) is 4.79 Å². The van der Waals surface area contributed by atoms with Crippen molar-refractivity contribution in [2.75, 3.05) is 13.1 Å². The lowest BCUT2D eigenvalue weighted by molar-refractivity contribution is -0.152. The summed E-state index contributed by atoms with van der Waals surface area (Å²) in [6.45, 7) is 8.19. The number of carbonyl (C=O) groups is 1. The van der Waals surface area contributed by atoms with Gasteiger partial charge in [-0.1, -0.05) is 13.8 Å². The number of hydrogen-bond acceptors (Lipinski definition) is 2. The number of piperidine rings is 1. The first kappa shape index (κ1) is 13.5. The largest absolute Gasteiger partial charge is 0.480 e. The van der Waals surface area contributed by atoms with Crippen molar-refractivity contribution in [2.24, 2.45) is 5.92 Å². The zero-order valence-corrected chi connectivity index (χ0v) is 10.8. The van der Waals surface area contributed by atoms with E-state index in [2.05, 4.69) is 18.7 Å². The Morgan fingerprint density at radius 1 is 1.44 bits per heavy atom. The third kappa shape index (κ3) is 3.21. The van der Waals surface area contributed by atoms with Crippen LogP contribution in [0.4, 0.5) is 0 Å². The van der Waals surface area contributed by atoms with Gasteiger partial charge in [-0.3, -0.25) is 9.69 Å². The van der Waals surface area contributed by atoms with Gasteiger partial charge in [0.15, 0.2) is 0 Å². The molecule has 0 aliphatic carbocycles. The molecule has 16 heavy (non-hydrogen) atoms. The molecule has 1 N–H and O–H groups in total. The summed E-state index contributed by atoms with van der Waals surface area (Å²) in [6.07, 6.45) is 5.28. The fourth-order valence-electron chi connectivity index (χ4n) is 2.47. The lowest BCUT2D eigenvalue weighted by atomic mass is 9.88. The van der Waals surface area contributed by atoms with Crippen LogP contribution in [0, 0.1) is 5.92 Å². The number of hydrogen-bond donors (Lipinski definition) is 1. The number of likely N-dealkylation sites (tertiary alicyclic amines) is 1. The highest BCUT2D eigenvalue weighted by Gasteiger charge is 2.40. The molecule has 1 saturated heterocycles. The molecular formula is C13H25NO2. The van der Waals surface area contributed by atoms with E-state index in [1.807, 2.05) is 6.92 Å². The van der Waals surface area contributed by atoms with Crippen molar-refractivity contribution in [3.05, 3.63) is 0 Å². The summed E-state index contributed by atoms with van der Waals surface area (Å²) in [6, 6.07) is 0. The summed E-state index contributed by atoms with van der Waals surface area (Å²) < 4.78 is 0. The average Bonchev–Trinajstić information content (AvgIpc) is 2.20. The molecule has 0 amide bonds. The maximum Gasteiger partial charge on any atom is 0.323 e. The quantitative estimate of drug-likeness (QED) is 0.785. The van der Waals surface area contributed by atoms with Crippen LogP contribution in [0.1, 0.15) is 52.9 Å². The Hall–Kier alpha value is -0.570. The summed E-state index contributed by atoms with van der Waals surface area (Å²) in [5.74, 6) is 0.0534. The van der Waals surface area contributed by atoms with Crippen LogP contribution in [0.25, 0.3) is 0 Å². The van der Waals surface area contributed by atoms with Crippen LogP contribution in [0.3, 0.4) is 0 Å². The van der Waals surface area contributed by atoms with E-state index >= 15 is 0 Å². The number of nitrogens with zero attached hydrogens (tertiary/aromatic N) is 1. The molecule has 1 aliphatic rings. The molecule has 0 saturated carbocycles. The minimum Gasteiger partial charge on any atom is -0.480 e. The molecule has 0 aromatic carbocycles. The maximum absolute atomic E-state index is 11.3. The van der Waals surface area contributed by atoms with Crippen molar-refractivity contribution in [3.8, 4) is 0 Å². The van der Waals surface area contributed by atoms with Gasteiger partial charge in [0.1, 0.15) is 5.54 Å². The number of carboxylic acids is 1. The van der Waals surface area contributed by atoms with Crippen molar-refractivity contribution >= 4 is 5.97 Å². The second kappa shape index (κ2) is 5.67. The highest BCUT2D eigenvalue weighted by molar-refractivity contribution is 5.78. The predicted octanol–water partition coefficient (Wildman–Crippen LogP) is 2.75. The van der Waals surface area contributed by atoms with E-state index in [0.29, 0.717) is 5.92 Å². The molecule has 1 fully saturated rings. The molecule has 0 bridgehead atoms. The van der Waals surface area contributed by atoms with E-state index in [4.69, 9.17) is 0 Å². The molecule has 1 unspecified atom stereocenters. The summed E-state index contributed by atoms with van der Waals surface area (Å²) >= 11 is 0. The highest BCUT2D eigenvalue weighted by Crippen LogP contribution is 2.28. The number of rotatable bonds is 5. The molecule has 94 valence electrons. The maximum atomic E-state index is 11.3. The lowest BCUT2D eigenvalue weighted by Crippen LogP contribution is -2.55. The smallest absolute Gasteiger partial charge is 0.323 e. The Bertz CT molecular complexity index is 240. The number of carboxylic acid groups (broad SMARTS) is 1. The van der Waals surface area contributed by atoms with E-state index in [0.717, 1.165) is 38.8 Å². The Labute approximate surface area is 98.8 Å². The molecule has 0 aromatic heterocycles. The Morgan fingerprint density at radius 2 is 2.12 bits per heavy atom. The summed E-state index contributed by atoms with van der Waals surface area (Å²) in [5.41, 5.74) is -0.616. The predicted molar refractivity (Wildman–Crippen MR) is 65.5 cm³/mol. The average molecular weight is 227 g/mol. The zero-order valence-electron chi connectivity index (χ0n) is 10.8. The molecule has 3 heteroatoms. The van der Waals surface area contributed by atoms with E-state index in [1.54, 1.807) is 0 Å². The van der Waals surface area contributed by atoms with Crippen molar-refractivity contribution in [2.45, 2.75) is 58.4 Å². The van der Waals surface area contributed by atoms with Gasteiger partial charge in [-0.25, -0.2) is 0 Å². The van der Waals surface area contributed by atoms with Crippen LogP contribution in [0.15, 0.2) is 0 Å². The van der Waals surface area contributed by atoms with Gasteiger partial charge in [0.2, 0.25) is 0 Å². The van der Waals surface area contributed by atoms with Gasteiger partial charge < -0.3 is 5.11 Å². The SMILES string of the molecule is CC(C)CCCN1CCCCC1(C)C(=O)O. The standard InChI is InChI=1S/C13H25NO2/c1-11(2)7-6-10-14-9-5-4-8-13(14,3)12(15)16/h11H,4-10H2,1-3H3,(H,15,16). The lowest BCUT2D eigenvalue weighted by Gasteiger charge is -2.41. The van der Waals surface area contributed by atoms with Gasteiger partial charge in [-0.2, -0.15) is 0 Å². The molecule has 1 aliphatic heterocycles. The molecule has 0 spiro atoms. The zero-order chi connectivity index (χ0) is 12.2. The third-order valence-corrected chi connectivity index (χ3v) is 3.71. The van der Waals surface area contributed by atoms with Crippen molar-refractivity contribution in [3.63, 3.8) is 0 Å². The van der Waals surface area contributed by atoms with E-state index < -0.39 is 11.5 Å². The fourth-order valence-corrected chi connectivity index (χ4v) is 2.47. The first-order chi connectivity index (χ1) is 7.47. The molecule has 1 rings (SSSR count). The van der Waals surface area contributed by atoms with Crippen molar-refractivity contribution in [1.29, 1.82) is 0 Å². The van der Waals surface area contributed by atoms with Gasteiger partial charge in [-0.05, 0) is 58.0 Å². The van der Waals surface area contributed by atoms with Gasteiger partial charge in [0.25, 0.3) is 0 Å². The number of aliphatic carboxylic acids is 1. The molecular weight excluding hydrogens is 202 g/mol. The monoisotopic (exact) mass is 227 g/mol. The normalized spacial score (nSPS) is 27.2. The molecule has 0 radical (unpaired) electrons. The molecule has 3 nitrogen and oxygen atoms in total. The van der Waals surface area contributed by atoms with E-state index in [-0.39, 0.29) is 0 Å². The minimum atomic E-state index is -0.656. The highest BCUT2D eigenvalue weighted by atomic mass is 16.4. The third-order valence-electron chi connectivity index (χ3n) is 3.71.